The number of aryl methyl sites for hydroxylation is 1. The Hall–Kier alpha value is -2.62. The molecule has 0 spiro atoms. The smallest absolute Gasteiger partial charge is 0.228 e. The second-order valence-electron chi connectivity index (χ2n) is 7.57. The summed E-state index contributed by atoms with van der Waals surface area (Å²) < 4.78 is 0. The van der Waals surface area contributed by atoms with Gasteiger partial charge in [0.05, 0.1) is 5.41 Å². The second-order valence-corrected chi connectivity index (χ2v) is 7.57. The van der Waals surface area contributed by atoms with E-state index in [9.17, 15) is 9.59 Å². The third-order valence-corrected chi connectivity index (χ3v) is 5.47. The molecule has 1 saturated heterocycles. The van der Waals surface area contributed by atoms with Crippen LogP contribution in [0.3, 0.4) is 0 Å². The van der Waals surface area contributed by atoms with E-state index in [1.54, 1.807) is 11.8 Å². The van der Waals surface area contributed by atoms with Gasteiger partial charge in [-0.1, -0.05) is 54.1 Å². The minimum Gasteiger partial charge on any atom is -0.356 e. The summed E-state index contributed by atoms with van der Waals surface area (Å²) in [6, 6.07) is 16.9. The molecule has 1 N–H and O–H groups in total. The highest BCUT2D eigenvalue weighted by atomic mass is 16.2. The standard InChI is InChI=1S/C23H28N2O2/c1-4-24-22(27)23(12-13-25(16-23)18(3)26)15-19-6-5-7-21(14-19)20-10-8-17(2)9-11-20/h5-11,14H,4,12-13,15-16H2,1-3H3,(H,24,27)/t23-/m0/s1. The minimum absolute atomic E-state index is 0.0366. The number of nitrogens with zero attached hydrogens (tertiary/aromatic N) is 1. The third kappa shape index (κ3) is 4.21. The number of amides is 2. The fourth-order valence-corrected chi connectivity index (χ4v) is 3.90. The first-order valence-corrected chi connectivity index (χ1v) is 9.63. The van der Waals surface area contributed by atoms with Gasteiger partial charge in [0.25, 0.3) is 0 Å². The molecular weight excluding hydrogens is 336 g/mol. The van der Waals surface area contributed by atoms with Crippen molar-refractivity contribution in [2.75, 3.05) is 19.6 Å². The summed E-state index contributed by atoms with van der Waals surface area (Å²) in [5.41, 5.74) is 4.14. The Balaban J connectivity index is 1.88. The molecule has 2 aromatic rings. The Morgan fingerprint density at radius 3 is 2.48 bits per heavy atom. The number of likely N-dealkylation sites (tertiary alicyclic amines) is 1. The van der Waals surface area contributed by atoms with Gasteiger partial charge in [-0.25, -0.2) is 0 Å². The normalized spacial score (nSPS) is 19.1. The molecule has 2 amide bonds. The van der Waals surface area contributed by atoms with E-state index in [4.69, 9.17) is 0 Å². The van der Waals surface area contributed by atoms with Gasteiger partial charge in [0.1, 0.15) is 0 Å². The van der Waals surface area contributed by atoms with Crippen molar-refractivity contribution in [2.45, 2.75) is 33.6 Å². The second kappa shape index (κ2) is 7.95. The van der Waals surface area contributed by atoms with Gasteiger partial charge < -0.3 is 10.2 Å². The van der Waals surface area contributed by atoms with Crippen molar-refractivity contribution >= 4 is 11.8 Å². The number of carbonyl (C=O) groups excluding carboxylic acids is 2. The molecule has 1 aliphatic heterocycles. The van der Waals surface area contributed by atoms with Gasteiger partial charge >= 0.3 is 0 Å². The summed E-state index contributed by atoms with van der Waals surface area (Å²) >= 11 is 0. The van der Waals surface area contributed by atoms with Gasteiger partial charge in [-0.2, -0.15) is 0 Å². The molecule has 0 aromatic heterocycles. The fraction of sp³-hybridized carbons (Fsp3) is 0.391. The molecule has 2 aromatic carbocycles. The molecule has 1 heterocycles. The van der Waals surface area contributed by atoms with Gasteiger partial charge in [-0.05, 0) is 43.4 Å². The van der Waals surface area contributed by atoms with Crippen LogP contribution in [0, 0.1) is 12.3 Å². The van der Waals surface area contributed by atoms with Gasteiger partial charge in [-0.15, -0.1) is 0 Å². The van der Waals surface area contributed by atoms with E-state index >= 15 is 0 Å². The van der Waals surface area contributed by atoms with E-state index in [0.717, 1.165) is 11.1 Å². The molecule has 0 unspecified atom stereocenters. The Labute approximate surface area is 161 Å². The lowest BCUT2D eigenvalue weighted by Gasteiger charge is -2.28. The molecule has 142 valence electrons. The van der Waals surface area contributed by atoms with Crippen LogP contribution in [0.25, 0.3) is 11.1 Å². The summed E-state index contributed by atoms with van der Waals surface area (Å²) in [5, 5.41) is 2.98. The van der Waals surface area contributed by atoms with Crippen molar-refractivity contribution in [3.05, 3.63) is 59.7 Å². The van der Waals surface area contributed by atoms with Crippen molar-refractivity contribution in [3.8, 4) is 11.1 Å². The largest absolute Gasteiger partial charge is 0.356 e. The van der Waals surface area contributed by atoms with E-state index < -0.39 is 5.41 Å². The Kier molecular flexibility index (Phi) is 5.64. The Morgan fingerprint density at radius 1 is 1.11 bits per heavy atom. The van der Waals surface area contributed by atoms with Crippen molar-refractivity contribution in [3.63, 3.8) is 0 Å². The van der Waals surface area contributed by atoms with Crippen LogP contribution in [-0.2, 0) is 16.0 Å². The molecule has 4 nitrogen and oxygen atoms in total. The maximum absolute atomic E-state index is 12.9. The van der Waals surface area contributed by atoms with Crippen molar-refractivity contribution < 1.29 is 9.59 Å². The lowest BCUT2D eigenvalue weighted by atomic mass is 9.79. The summed E-state index contributed by atoms with van der Waals surface area (Å²) in [7, 11) is 0. The van der Waals surface area contributed by atoms with Crippen molar-refractivity contribution in [1.29, 1.82) is 0 Å². The van der Waals surface area contributed by atoms with Crippen LogP contribution >= 0.6 is 0 Å². The SMILES string of the molecule is CCNC(=O)[C@]1(Cc2cccc(-c3ccc(C)cc3)c2)CCN(C(C)=O)C1. The molecule has 3 rings (SSSR count). The third-order valence-electron chi connectivity index (χ3n) is 5.47. The van der Waals surface area contributed by atoms with Crippen molar-refractivity contribution in [1.82, 2.24) is 10.2 Å². The first-order chi connectivity index (χ1) is 12.9. The van der Waals surface area contributed by atoms with Gasteiger partial charge in [0.15, 0.2) is 0 Å². The number of rotatable bonds is 5. The molecular formula is C23H28N2O2. The molecule has 1 fully saturated rings. The first kappa shape index (κ1) is 19.2. The highest BCUT2D eigenvalue weighted by Gasteiger charge is 2.45. The molecule has 0 radical (unpaired) electrons. The van der Waals surface area contributed by atoms with Crippen LogP contribution in [0.5, 0.6) is 0 Å². The number of hydrogen-bond acceptors (Lipinski definition) is 2. The van der Waals surface area contributed by atoms with E-state index in [0.29, 0.717) is 32.5 Å². The Bertz CT molecular complexity index is 829. The van der Waals surface area contributed by atoms with Crippen LogP contribution in [0.2, 0.25) is 0 Å². The molecule has 0 bridgehead atoms. The molecule has 0 saturated carbocycles. The predicted octanol–water partition coefficient (Wildman–Crippen LogP) is 3.58. The van der Waals surface area contributed by atoms with E-state index in [2.05, 4.69) is 54.7 Å². The minimum atomic E-state index is -0.548. The van der Waals surface area contributed by atoms with Gasteiger partial charge in [-0.3, -0.25) is 9.59 Å². The molecule has 1 aliphatic rings. The summed E-state index contributed by atoms with van der Waals surface area (Å²) in [6.07, 6.45) is 1.34. The van der Waals surface area contributed by atoms with Crippen LogP contribution < -0.4 is 5.32 Å². The first-order valence-electron chi connectivity index (χ1n) is 9.63. The number of hydrogen-bond donors (Lipinski definition) is 1. The molecule has 1 atom stereocenters. The van der Waals surface area contributed by atoms with Crippen LogP contribution in [0.4, 0.5) is 0 Å². The summed E-state index contributed by atoms with van der Waals surface area (Å²) in [4.78, 5) is 26.5. The fourth-order valence-electron chi connectivity index (χ4n) is 3.90. The maximum Gasteiger partial charge on any atom is 0.228 e. The van der Waals surface area contributed by atoms with Crippen LogP contribution in [0.15, 0.2) is 48.5 Å². The number of nitrogens with one attached hydrogen (secondary N) is 1. The lowest BCUT2D eigenvalue weighted by molar-refractivity contribution is -0.132. The monoisotopic (exact) mass is 364 g/mol. The number of benzene rings is 2. The predicted molar refractivity (Wildman–Crippen MR) is 108 cm³/mol. The molecule has 4 heteroatoms. The average Bonchev–Trinajstić information content (AvgIpc) is 3.08. The number of carbonyl (C=O) groups is 2. The zero-order valence-electron chi connectivity index (χ0n) is 16.4. The van der Waals surface area contributed by atoms with E-state index in [-0.39, 0.29) is 11.8 Å². The van der Waals surface area contributed by atoms with Crippen molar-refractivity contribution in [2.24, 2.45) is 5.41 Å². The topological polar surface area (TPSA) is 49.4 Å². The van der Waals surface area contributed by atoms with E-state index in [1.807, 2.05) is 13.0 Å². The summed E-state index contributed by atoms with van der Waals surface area (Å²) in [5.74, 6) is 0.0871. The quantitative estimate of drug-likeness (QED) is 0.882. The Morgan fingerprint density at radius 2 is 1.85 bits per heavy atom. The lowest BCUT2D eigenvalue weighted by Crippen LogP contribution is -2.45. The van der Waals surface area contributed by atoms with Crippen LogP contribution in [0.1, 0.15) is 31.4 Å². The molecule has 27 heavy (non-hydrogen) atoms. The molecule has 0 aliphatic carbocycles. The zero-order chi connectivity index (χ0) is 19.4. The highest BCUT2D eigenvalue weighted by molar-refractivity contribution is 5.85. The van der Waals surface area contributed by atoms with Gasteiger partial charge in [0.2, 0.25) is 11.8 Å². The van der Waals surface area contributed by atoms with E-state index in [1.165, 1.54) is 11.1 Å². The zero-order valence-corrected chi connectivity index (χ0v) is 16.4. The summed E-state index contributed by atoms with van der Waals surface area (Å²) in [6.45, 7) is 7.32. The average molecular weight is 364 g/mol. The highest BCUT2D eigenvalue weighted by Crippen LogP contribution is 2.35. The maximum atomic E-state index is 12.9. The van der Waals surface area contributed by atoms with Gasteiger partial charge in [0, 0.05) is 26.6 Å². The van der Waals surface area contributed by atoms with Crippen LogP contribution in [-0.4, -0.2) is 36.3 Å².